The zero-order valence-electron chi connectivity index (χ0n) is 7.87. The molecule has 0 heterocycles. The van der Waals surface area contributed by atoms with Crippen LogP contribution in [0.1, 0.15) is 11.6 Å². The first kappa shape index (κ1) is 14.5. The summed E-state index contributed by atoms with van der Waals surface area (Å²) in [7, 11) is 1.26. The Morgan fingerprint density at radius 2 is 2.07 bits per heavy atom. The smallest absolute Gasteiger partial charge is 0.327 e. The molecular weight excluding hydrogens is 260 g/mol. The number of esters is 1. The van der Waals surface area contributed by atoms with Crippen LogP contribution in [-0.2, 0) is 9.53 Å². The molecule has 3 nitrogen and oxygen atoms in total. The average Bonchev–Trinajstić information content (AvgIpc) is 2.20. The molecule has 2 N–H and O–H groups in total. The maximum Gasteiger partial charge on any atom is 0.327 e. The van der Waals surface area contributed by atoms with Gasteiger partial charge in [0.25, 0.3) is 0 Å². The topological polar surface area (TPSA) is 52.3 Å². The van der Waals surface area contributed by atoms with Gasteiger partial charge in [-0.05, 0) is 6.07 Å². The Labute approximate surface area is 104 Å². The lowest BCUT2D eigenvalue weighted by molar-refractivity contribution is -0.142. The molecule has 84 valence electrons. The lowest BCUT2D eigenvalue weighted by Crippen LogP contribution is -2.22. The summed E-state index contributed by atoms with van der Waals surface area (Å²) in [6.07, 6.45) is 0. The Morgan fingerprint density at radius 1 is 1.47 bits per heavy atom. The van der Waals surface area contributed by atoms with Crippen molar-refractivity contribution in [3.05, 3.63) is 33.8 Å². The van der Waals surface area contributed by atoms with Crippen molar-refractivity contribution in [2.75, 3.05) is 7.11 Å². The predicted molar refractivity (Wildman–Crippen MR) is 62.7 cm³/mol. The van der Waals surface area contributed by atoms with Crippen LogP contribution in [-0.4, -0.2) is 13.1 Å². The number of benzene rings is 1. The molecule has 1 rings (SSSR count). The molecule has 0 fully saturated rings. The monoisotopic (exact) mass is 269 g/mol. The van der Waals surface area contributed by atoms with Crippen molar-refractivity contribution in [3.63, 3.8) is 0 Å². The number of carbonyl (C=O) groups is 1. The number of halogens is 3. The molecule has 1 aromatic carbocycles. The first-order valence-electron chi connectivity index (χ1n) is 3.85. The van der Waals surface area contributed by atoms with Gasteiger partial charge in [0.15, 0.2) is 0 Å². The normalized spacial score (nSPS) is 11.5. The van der Waals surface area contributed by atoms with Gasteiger partial charge in [0.05, 0.1) is 17.2 Å². The third-order valence-electron chi connectivity index (χ3n) is 1.77. The molecule has 0 spiro atoms. The van der Waals surface area contributed by atoms with E-state index in [1.165, 1.54) is 7.11 Å². The molecule has 0 radical (unpaired) electrons. The minimum absolute atomic E-state index is 0. The van der Waals surface area contributed by atoms with E-state index in [9.17, 15) is 4.79 Å². The van der Waals surface area contributed by atoms with E-state index < -0.39 is 12.0 Å². The lowest BCUT2D eigenvalue weighted by atomic mass is 10.1. The summed E-state index contributed by atoms with van der Waals surface area (Å²) in [6.45, 7) is 0. The fourth-order valence-corrected chi connectivity index (χ4v) is 1.44. The van der Waals surface area contributed by atoms with E-state index in [-0.39, 0.29) is 17.4 Å². The number of hydrogen-bond acceptors (Lipinski definition) is 3. The van der Waals surface area contributed by atoms with Gasteiger partial charge in [-0.3, -0.25) is 4.79 Å². The van der Waals surface area contributed by atoms with Crippen LogP contribution in [0.25, 0.3) is 0 Å². The van der Waals surface area contributed by atoms with Crippen LogP contribution >= 0.6 is 35.6 Å². The van der Waals surface area contributed by atoms with Crippen molar-refractivity contribution in [1.82, 2.24) is 0 Å². The minimum Gasteiger partial charge on any atom is -0.468 e. The molecule has 0 bridgehead atoms. The molecule has 0 aliphatic rings. The first-order valence-corrected chi connectivity index (χ1v) is 4.61. The van der Waals surface area contributed by atoms with Crippen molar-refractivity contribution in [2.24, 2.45) is 5.73 Å². The Morgan fingerprint density at radius 3 is 2.60 bits per heavy atom. The molecule has 0 unspecified atom stereocenters. The number of rotatable bonds is 2. The maximum absolute atomic E-state index is 11.1. The summed E-state index contributed by atoms with van der Waals surface area (Å²) >= 11 is 11.6. The molecule has 0 aromatic heterocycles. The zero-order valence-corrected chi connectivity index (χ0v) is 10.2. The highest BCUT2D eigenvalue weighted by Crippen LogP contribution is 2.29. The number of carbonyl (C=O) groups excluding carboxylic acids is 1. The van der Waals surface area contributed by atoms with E-state index in [2.05, 4.69) is 4.74 Å². The Bertz CT molecular complexity index is 357. The van der Waals surface area contributed by atoms with Crippen molar-refractivity contribution in [3.8, 4) is 0 Å². The first-order chi connectivity index (χ1) is 6.57. The van der Waals surface area contributed by atoms with Gasteiger partial charge in [-0.15, -0.1) is 12.4 Å². The van der Waals surface area contributed by atoms with Gasteiger partial charge in [-0.1, -0.05) is 35.3 Å². The summed E-state index contributed by atoms with van der Waals surface area (Å²) in [5, 5.41) is 0.649. The van der Waals surface area contributed by atoms with Crippen LogP contribution in [0.2, 0.25) is 10.0 Å². The molecule has 0 aliphatic heterocycles. The second-order valence-electron chi connectivity index (χ2n) is 2.64. The molecule has 0 saturated heterocycles. The second kappa shape index (κ2) is 6.18. The zero-order chi connectivity index (χ0) is 10.7. The van der Waals surface area contributed by atoms with Crippen LogP contribution in [0.15, 0.2) is 18.2 Å². The number of nitrogens with two attached hydrogens (primary N) is 1. The van der Waals surface area contributed by atoms with Gasteiger partial charge in [0, 0.05) is 5.56 Å². The van der Waals surface area contributed by atoms with Gasteiger partial charge in [-0.25, -0.2) is 0 Å². The summed E-state index contributed by atoms with van der Waals surface area (Å²) in [5.41, 5.74) is 6.07. The molecule has 1 aromatic rings. The Kier molecular flexibility index (Phi) is 5.98. The van der Waals surface area contributed by atoms with Crippen LogP contribution < -0.4 is 5.73 Å². The van der Waals surface area contributed by atoms with Crippen LogP contribution in [0, 0.1) is 0 Å². The Hall–Kier alpha value is -0.480. The summed E-state index contributed by atoms with van der Waals surface area (Å²) in [5.74, 6) is -0.547. The number of hydrogen-bond donors (Lipinski definition) is 1. The largest absolute Gasteiger partial charge is 0.468 e. The van der Waals surface area contributed by atoms with E-state index in [1.54, 1.807) is 18.2 Å². The molecular formula is C9H10Cl3NO2. The van der Waals surface area contributed by atoms with E-state index in [0.29, 0.717) is 10.6 Å². The highest BCUT2D eigenvalue weighted by molar-refractivity contribution is 6.42. The second-order valence-corrected chi connectivity index (χ2v) is 3.43. The maximum atomic E-state index is 11.1. The third kappa shape index (κ3) is 3.24. The van der Waals surface area contributed by atoms with Crippen molar-refractivity contribution < 1.29 is 9.53 Å². The van der Waals surface area contributed by atoms with Crippen LogP contribution in [0.5, 0.6) is 0 Å². The molecule has 0 aliphatic carbocycles. The summed E-state index contributed by atoms with van der Waals surface area (Å²) < 4.78 is 4.50. The fourth-order valence-electron chi connectivity index (χ4n) is 1.01. The van der Waals surface area contributed by atoms with Crippen molar-refractivity contribution >= 4 is 41.6 Å². The average molecular weight is 271 g/mol. The fraction of sp³-hybridized carbons (Fsp3) is 0.222. The van der Waals surface area contributed by atoms with E-state index in [0.717, 1.165) is 0 Å². The van der Waals surface area contributed by atoms with Gasteiger partial charge in [-0.2, -0.15) is 0 Å². The van der Waals surface area contributed by atoms with Gasteiger partial charge in [0.2, 0.25) is 0 Å². The molecule has 0 amide bonds. The van der Waals surface area contributed by atoms with Crippen LogP contribution in [0.4, 0.5) is 0 Å². The highest BCUT2D eigenvalue weighted by atomic mass is 35.5. The van der Waals surface area contributed by atoms with Gasteiger partial charge < -0.3 is 10.5 Å². The number of methoxy groups -OCH3 is 1. The quantitative estimate of drug-likeness (QED) is 0.841. The van der Waals surface area contributed by atoms with Crippen molar-refractivity contribution in [1.29, 1.82) is 0 Å². The van der Waals surface area contributed by atoms with Crippen LogP contribution in [0.3, 0.4) is 0 Å². The molecule has 15 heavy (non-hydrogen) atoms. The van der Waals surface area contributed by atoms with Gasteiger partial charge in [0.1, 0.15) is 6.04 Å². The van der Waals surface area contributed by atoms with E-state index in [1.807, 2.05) is 0 Å². The van der Waals surface area contributed by atoms with E-state index in [4.69, 9.17) is 28.9 Å². The molecule has 0 saturated carbocycles. The SMILES string of the molecule is COC(=O)[C@H](N)c1cccc(Cl)c1Cl.Cl. The molecule has 1 atom stereocenters. The Balaban J connectivity index is 0.00000196. The summed E-state index contributed by atoms with van der Waals surface area (Å²) in [6, 6.07) is 4.03. The highest BCUT2D eigenvalue weighted by Gasteiger charge is 2.19. The standard InChI is InChI=1S/C9H9Cl2NO2.ClH/c1-14-9(13)8(12)5-3-2-4-6(10)7(5)11;/h2-4,8H,12H2,1H3;1H/t8-;/m1./s1. The molecule has 6 heteroatoms. The van der Waals surface area contributed by atoms with Gasteiger partial charge >= 0.3 is 5.97 Å². The summed E-state index contributed by atoms with van der Waals surface area (Å²) in [4.78, 5) is 11.1. The minimum atomic E-state index is -0.897. The number of ether oxygens (including phenoxy) is 1. The van der Waals surface area contributed by atoms with Crippen molar-refractivity contribution in [2.45, 2.75) is 6.04 Å². The third-order valence-corrected chi connectivity index (χ3v) is 2.61. The predicted octanol–water partition coefficient (Wildman–Crippen LogP) is 2.59. The lowest BCUT2D eigenvalue weighted by Gasteiger charge is -2.11. The van der Waals surface area contributed by atoms with E-state index >= 15 is 0 Å².